The summed E-state index contributed by atoms with van der Waals surface area (Å²) in [4.78, 5) is 4.56. The van der Waals surface area contributed by atoms with Crippen molar-refractivity contribution < 1.29 is 8.42 Å². The van der Waals surface area contributed by atoms with Gasteiger partial charge in [0.2, 0.25) is 10.0 Å². The maximum absolute atomic E-state index is 12.6. The van der Waals surface area contributed by atoms with Crippen molar-refractivity contribution in [3.05, 3.63) is 52.6 Å². The number of piperidine rings is 1. The minimum absolute atomic E-state index is 0.0487. The van der Waals surface area contributed by atoms with Crippen molar-refractivity contribution in [2.24, 2.45) is 0 Å². The quantitative estimate of drug-likeness (QED) is 0.782. The smallest absolute Gasteiger partial charge is 0.244 e. The van der Waals surface area contributed by atoms with Gasteiger partial charge in [0, 0.05) is 23.8 Å². The van der Waals surface area contributed by atoms with Crippen LogP contribution in [0.15, 0.2) is 52.0 Å². The monoisotopic (exact) mass is 423 g/mol. The van der Waals surface area contributed by atoms with E-state index in [9.17, 15) is 8.42 Å². The molecule has 0 amide bonds. The number of anilines is 1. The summed E-state index contributed by atoms with van der Waals surface area (Å²) in [5, 5.41) is 3.31. The summed E-state index contributed by atoms with van der Waals surface area (Å²) in [5.41, 5.74) is 1.12. The average Bonchev–Trinajstić information content (AvgIpc) is 2.63. The molecule has 7 heteroatoms. The molecule has 0 aliphatic carbocycles. The number of benzene rings is 1. The molecule has 1 saturated heterocycles. The number of nitrogens with zero attached hydrogens (tertiary/aromatic N) is 2. The number of aromatic nitrogens is 1. The second-order valence-corrected chi connectivity index (χ2v) is 9.02. The number of pyridine rings is 1. The number of nitrogens with one attached hydrogen (secondary N) is 1. The molecular weight excluding hydrogens is 402 g/mol. The van der Waals surface area contributed by atoms with Gasteiger partial charge in [0.25, 0.3) is 0 Å². The Kier molecular flexibility index (Phi) is 5.76. The van der Waals surface area contributed by atoms with Crippen molar-refractivity contribution >= 4 is 31.8 Å². The van der Waals surface area contributed by atoms with E-state index < -0.39 is 10.0 Å². The Labute approximate surface area is 157 Å². The molecule has 1 aliphatic heterocycles. The van der Waals surface area contributed by atoms with Crippen LogP contribution >= 0.6 is 15.9 Å². The van der Waals surface area contributed by atoms with E-state index in [0.717, 1.165) is 29.3 Å². The van der Waals surface area contributed by atoms with E-state index in [-0.39, 0.29) is 10.9 Å². The van der Waals surface area contributed by atoms with E-state index in [1.807, 2.05) is 31.2 Å². The fourth-order valence-corrected chi connectivity index (χ4v) is 5.09. The van der Waals surface area contributed by atoms with Gasteiger partial charge in [-0.25, -0.2) is 13.4 Å². The summed E-state index contributed by atoms with van der Waals surface area (Å²) in [6.45, 7) is 3.24. The van der Waals surface area contributed by atoms with Crippen molar-refractivity contribution in [3.63, 3.8) is 0 Å². The van der Waals surface area contributed by atoms with Gasteiger partial charge in [-0.05, 0) is 43.5 Å². The van der Waals surface area contributed by atoms with Gasteiger partial charge in [-0.15, -0.1) is 0 Å². The van der Waals surface area contributed by atoms with Crippen LogP contribution in [0.2, 0.25) is 0 Å². The Morgan fingerprint density at radius 1 is 1.12 bits per heavy atom. The highest BCUT2D eigenvalue weighted by Crippen LogP contribution is 2.26. The van der Waals surface area contributed by atoms with Gasteiger partial charge in [0.15, 0.2) is 0 Å². The first-order valence-electron chi connectivity index (χ1n) is 8.45. The van der Waals surface area contributed by atoms with Crippen molar-refractivity contribution in [1.82, 2.24) is 9.29 Å². The molecule has 2 aromatic rings. The summed E-state index contributed by atoms with van der Waals surface area (Å²) in [6, 6.07) is 11.4. The lowest BCUT2D eigenvalue weighted by Crippen LogP contribution is -2.35. The minimum Gasteiger partial charge on any atom is -0.364 e. The van der Waals surface area contributed by atoms with Crippen LogP contribution in [-0.4, -0.2) is 30.8 Å². The summed E-state index contributed by atoms with van der Waals surface area (Å²) in [7, 11) is -3.43. The van der Waals surface area contributed by atoms with Crippen LogP contribution in [0.5, 0.6) is 0 Å². The average molecular weight is 424 g/mol. The SMILES string of the molecule is CC(Nc1ccc(S(=O)(=O)N2CCCCC2)cn1)c1ccccc1Br. The van der Waals surface area contributed by atoms with Crippen molar-refractivity contribution in [3.8, 4) is 0 Å². The van der Waals surface area contributed by atoms with Gasteiger partial charge < -0.3 is 5.32 Å². The third-order valence-corrected chi connectivity index (χ3v) is 7.03. The zero-order chi connectivity index (χ0) is 17.9. The van der Waals surface area contributed by atoms with Crippen LogP contribution in [0.3, 0.4) is 0 Å². The van der Waals surface area contributed by atoms with E-state index in [2.05, 4.69) is 26.2 Å². The first-order valence-corrected chi connectivity index (χ1v) is 10.7. The molecular formula is C18H22BrN3O2S. The summed E-state index contributed by atoms with van der Waals surface area (Å²) >= 11 is 3.55. The predicted octanol–water partition coefficient (Wildman–Crippen LogP) is 4.19. The lowest BCUT2D eigenvalue weighted by atomic mass is 10.1. The lowest BCUT2D eigenvalue weighted by Gasteiger charge is -2.25. The van der Waals surface area contributed by atoms with E-state index in [1.165, 1.54) is 6.20 Å². The topological polar surface area (TPSA) is 62.3 Å². The molecule has 1 unspecified atom stereocenters. The summed E-state index contributed by atoms with van der Waals surface area (Å²) < 4.78 is 27.9. The van der Waals surface area contributed by atoms with E-state index in [4.69, 9.17) is 0 Å². The van der Waals surface area contributed by atoms with Crippen LogP contribution in [-0.2, 0) is 10.0 Å². The maximum Gasteiger partial charge on any atom is 0.244 e. The Morgan fingerprint density at radius 2 is 1.84 bits per heavy atom. The first-order chi connectivity index (χ1) is 12.0. The van der Waals surface area contributed by atoms with E-state index in [0.29, 0.717) is 18.9 Å². The highest BCUT2D eigenvalue weighted by atomic mass is 79.9. The van der Waals surface area contributed by atoms with E-state index >= 15 is 0 Å². The highest BCUT2D eigenvalue weighted by Gasteiger charge is 2.26. The van der Waals surface area contributed by atoms with Crippen LogP contribution in [0, 0.1) is 0 Å². The fourth-order valence-electron chi connectivity index (χ4n) is 3.00. The zero-order valence-electron chi connectivity index (χ0n) is 14.2. The van der Waals surface area contributed by atoms with Crippen LogP contribution in [0.4, 0.5) is 5.82 Å². The number of hydrogen-bond acceptors (Lipinski definition) is 4. The Bertz CT molecular complexity index is 818. The number of rotatable bonds is 5. The molecule has 1 aromatic heterocycles. The normalized spacial score (nSPS) is 17.2. The molecule has 1 N–H and O–H groups in total. The molecule has 0 radical (unpaired) electrons. The number of halogens is 1. The number of hydrogen-bond donors (Lipinski definition) is 1. The van der Waals surface area contributed by atoms with Crippen molar-refractivity contribution in [2.45, 2.75) is 37.1 Å². The zero-order valence-corrected chi connectivity index (χ0v) is 16.6. The Hall–Kier alpha value is -1.44. The van der Waals surface area contributed by atoms with Crippen molar-refractivity contribution in [2.75, 3.05) is 18.4 Å². The van der Waals surface area contributed by atoms with Gasteiger partial charge in [0.05, 0.1) is 6.04 Å². The second-order valence-electron chi connectivity index (χ2n) is 6.23. The summed E-state index contributed by atoms with van der Waals surface area (Å²) in [6.07, 6.45) is 4.39. The molecule has 25 heavy (non-hydrogen) atoms. The highest BCUT2D eigenvalue weighted by molar-refractivity contribution is 9.10. The maximum atomic E-state index is 12.6. The molecule has 1 atom stereocenters. The van der Waals surface area contributed by atoms with Gasteiger partial charge in [-0.3, -0.25) is 0 Å². The van der Waals surface area contributed by atoms with E-state index in [1.54, 1.807) is 16.4 Å². The lowest BCUT2D eigenvalue weighted by molar-refractivity contribution is 0.346. The van der Waals surface area contributed by atoms with Gasteiger partial charge in [0.1, 0.15) is 10.7 Å². The van der Waals surface area contributed by atoms with Gasteiger partial charge in [-0.2, -0.15) is 4.31 Å². The molecule has 1 aliphatic rings. The Balaban J connectivity index is 1.73. The number of sulfonamides is 1. The molecule has 3 rings (SSSR count). The standard InChI is InChI=1S/C18H22BrN3O2S/c1-14(16-7-3-4-8-17(16)19)21-18-10-9-15(13-20-18)25(23,24)22-11-5-2-6-12-22/h3-4,7-10,13-14H,2,5-6,11-12H2,1H3,(H,20,21). The minimum atomic E-state index is -3.43. The third-order valence-electron chi connectivity index (χ3n) is 4.43. The second kappa shape index (κ2) is 7.85. The first kappa shape index (κ1) is 18.4. The molecule has 1 fully saturated rings. The summed E-state index contributed by atoms with van der Waals surface area (Å²) in [5.74, 6) is 0.654. The molecule has 0 spiro atoms. The Morgan fingerprint density at radius 3 is 2.48 bits per heavy atom. The van der Waals surface area contributed by atoms with Crippen LogP contribution in [0.25, 0.3) is 0 Å². The molecule has 2 heterocycles. The largest absolute Gasteiger partial charge is 0.364 e. The van der Waals surface area contributed by atoms with Crippen LogP contribution in [0.1, 0.15) is 37.8 Å². The molecule has 0 bridgehead atoms. The molecule has 1 aromatic carbocycles. The van der Waals surface area contributed by atoms with Crippen LogP contribution < -0.4 is 5.32 Å². The third kappa shape index (κ3) is 4.22. The fraction of sp³-hybridized carbons (Fsp3) is 0.389. The van der Waals surface area contributed by atoms with Gasteiger partial charge in [-0.1, -0.05) is 40.5 Å². The molecule has 134 valence electrons. The predicted molar refractivity (Wildman–Crippen MR) is 103 cm³/mol. The van der Waals surface area contributed by atoms with Crippen molar-refractivity contribution in [1.29, 1.82) is 0 Å². The molecule has 5 nitrogen and oxygen atoms in total. The van der Waals surface area contributed by atoms with Gasteiger partial charge >= 0.3 is 0 Å². The molecule has 0 saturated carbocycles.